The third-order valence-corrected chi connectivity index (χ3v) is 8.96. The predicted molar refractivity (Wildman–Crippen MR) is 174 cm³/mol. The van der Waals surface area contributed by atoms with Crippen molar-refractivity contribution >= 4 is 41.5 Å². The van der Waals surface area contributed by atoms with E-state index in [2.05, 4.69) is 10.3 Å². The second kappa shape index (κ2) is 15.2. The summed E-state index contributed by atoms with van der Waals surface area (Å²) in [6.45, 7) is 2.63. The highest BCUT2D eigenvalue weighted by Gasteiger charge is 2.52. The number of nitrogens with zero attached hydrogens (tertiary/aromatic N) is 6. The van der Waals surface area contributed by atoms with E-state index in [0.29, 0.717) is 43.6 Å². The molecule has 0 saturated carbocycles. The largest absolute Gasteiger partial charge is 0.554 e. The van der Waals surface area contributed by atoms with Crippen LogP contribution in [0.1, 0.15) is 34.3 Å². The van der Waals surface area contributed by atoms with Gasteiger partial charge in [-0.25, -0.2) is 9.37 Å². The highest BCUT2D eigenvalue weighted by Crippen LogP contribution is 2.33. The quantitative estimate of drug-likeness (QED) is 0.270. The second-order valence-electron chi connectivity index (χ2n) is 12.7. The average molecular weight is 716 g/mol. The Kier molecular flexibility index (Phi) is 11.5. The zero-order valence-electron chi connectivity index (χ0n) is 27.8. The number of anilines is 1. The van der Waals surface area contributed by atoms with Gasteiger partial charge >= 0.3 is 0 Å². The fraction of sp³-hybridized carbons (Fsp3) is 0.394. The van der Waals surface area contributed by atoms with Crippen LogP contribution in [0.25, 0.3) is 11.3 Å². The fourth-order valence-corrected chi connectivity index (χ4v) is 6.65. The van der Waals surface area contributed by atoms with Gasteiger partial charge in [-0.3, -0.25) is 14.4 Å². The molecule has 2 saturated heterocycles. The number of hydrogen-bond donors (Lipinski definition) is 2. The number of nitriles is 1. The summed E-state index contributed by atoms with van der Waals surface area (Å²) in [6.07, 6.45) is 1.60. The molecule has 0 bridgehead atoms. The van der Waals surface area contributed by atoms with Crippen LogP contribution in [0.3, 0.4) is 0 Å². The maximum Gasteiger partial charge on any atom is 0.291 e. The number of aliphatic hydroxyl groups is 1. The number of carboxylic acid groups (broad SMARTS) is 1. The lowest BCUT2D eigenvalue weighted by Gasteiger charge is -2.38. The molecule has 3 amide bonds. The highest BCUT2D eigenvalue weighted by molar-refractivity contribution is 6.34. The Morgan fingerprint density at radius 1 is 1.18 bits per heavy atom. The van der Waals surface area contributed by atoms with Gasteiger partial charge in [-0.1, -0.05) is 11.6 Å². The SMILES string of the molecule is Cn1c(-c2ccc(OCC#N)c(F)c2F)cnc1C(=O)Nc1ccc(C(=O)N2CCN(C(=O)[C@@H]3C[C@](C)(O)C[N+]3(C)C)CC2)c(Cl)c1.O=C[O-]. The molecule has 14 nitrogen and oxygen atoms in total. The van der Waals surface area contributed by atoms with Gasteiger partial charge < -0.3 is 43.9 Å². The van der Waals surface area contributed by atoms with Crippen LogP contribution >= 0.6 is 11.6 Å². The van der Waals surface area contributed by atoms with Crippen LogP contribution in [0.4, 0.5) is 14.5 Å². The van der Waals surface area contributed by atoms with Crippen LogP contribution in [-0.2, 0) is 16.6 Å². The van der Waals surface area contributed by atoms with E-state index in [4.69, 9.17) is 31.5 Å². The first-order valence-electron chi connectivity index (χ1n) is 15.3. The smallest absolute Gasteiger partial charge is 0.291 e. The van der Waals surface area contributed by atoms with Crippen molar-refractivity contribution in [3.05, 3.63) is 64.6 Å². The molecule has 0 aliphatic carbocycles. The Bertz CT molecular complexity index is 1830. The molecule has 2 N–H and O–H groups in total. The normalized spacial score (nSPS) is 19.5. The summed E-state index contributed by atoms with van der Waals surface area (Å²) in [7, 11) is 5.34. The van der Waals surface area contributed by atoms with E-state index in [1.54, 1.807) is 22.8 Å². The molecule has 3 heterocycles. The van der Waals surface area contributed by atoms with Gasteiger partial charge in [0.25, 0.3) is 17.7 Å². The molecule has 3 aromatic rings. The zero-order valence-corrected chi connectivity index (χ0v) is 28.5. The van der Waals surface area contributed by atoms with E-state index in [0.717, 1.165) is 0 Å². The Morgan fingerprint density at radius 2 is 1.82 bits per heavy atom. The first-order chi connectivity index (χ1) is 23.5. The maximum atomic E-state index is 14.8. The number of likely N-dealkylation sites (tertiary alicyclic amines) is 1. The fourth-order valence-electron chi connectivity index (χ4n) is 6.39. The third kappa shape index (κ3) is 8.02. The number of imidazole rings is 1. The van der Waals surface area contributed by atoms with Crippen LogP contribution in [0, 0.1) is 23.0 Å². The summed E-state index contributed by atoms with van der Waals surface area (Å²) in [6, 6.07) is 8.22. The number of quaternary nitrogens is 1. The lowest BCUT2D eigenvalue weighted by molar-refractivity contribution is -0.896. The summed E-state index contributed by atoms with van der Waals surface area (Å²) in [5.74, 6) is -4.01. The molecule has 0 spiro atoms. The van der Waals surface area contributed by atoms with Crippen molar-refractivity contribution < 1.29 is 47.4 Å². The van der Waals surface area contributed by atoms with Gasteiger partial charge in [0.2, 0.25) is 5.82 Å². The summed E-state index contributed by atoms with van der Waals surface area (Å²) in [5.41, 5.74) is -0.439. The lowest BCUT2D eigenvalue weighted by Crippen LogP contribution is -2.58. The number of benzene rings is 2. The number of aromatic nitrogens is 2. The number of nitrogens with one attached hydrogen (secondary N) is 1. The van der Waals surface area contributed by atoms with Crippen molar-refractivity contribution in [2.75, 3.05) is 58.7 Å². The van der Waals surface area contributed by atoms with E-state index < -0.39 is 42.0 Å². The number of carbonyl (C=O) groups excluding carboxylic acids is 4. The minimum Gasteiger partial charge on any atom is -0.554 e. The number of ether oxygens (including phenoxy) is 1. The van der Waals surface area contributed by atoms with Gasteiger partial charge in [-0.2, -0.15) is 9.65 Å². The second-order valence-corrected chi connectivity index (χ2v) is 13.1. The van der Waals surface area contributed by atoms with Gasteiger partial charge in [0.1, 0.15) is 18.2 Å². The Hall–Kier alpha value is -5.11. The molecular weight excluding hydrogens is 680 g/mol. The summed E-state index contributed by atoms with van der Waals surface area (Å²) in [4.78, 5) is 55.4. The van der Waals surface area contributed by atoms with Gasteiger partial charge in [0, 0.05) is 57.4 Å². The van der Waals surface area contributed by atoms with Crippen molar-refractivity contribution in [1.82, 2.24) is 19.4 Å². The van der Waals surface area contributed by atoms with Crippen molar-refractivity contribution in [2.24, 2.45) is 7.05 Å². The highest BCUT2D eigenvalue weighted by atomic mass is 35.5. The van der Waals surface area contributed by atoms with Gasteiger partial charge in [-0.15, -0.1) is 0 Å². The molecule has 5 rings (SSSR count). The first-order valence-corrected chi connectivity index (χ1v) is 15.7. The van der Waals surface area contributed by atoms with E-state index in [1.807, 2.05) is 14.1 Å². The molecule has 0 unspecified atom stereocenters. The van der Waals surface area contributed by atoms with Crippen LogP contribution in [0.15, 0.2) is 36.5 Å². The molecule has 50 heavy (non-hydrogen) atoms. The molecule has 2 aliphatic heterocycles. The van der Waals surface area contributed by atoms with E-state index in [-0.39, 0.29) is 51.2 Å². The van der Waals surface area contributed by atoms with Crippen molar-refractivity contribution in [1.29, 1.82) is 5.26 Å². The number of piperazine rings is 1. The first kappa shape index (κ1) is 37.7. The molecule has 2 atom stereocenters. The van der Waals surface area contributed by atoms with Gasteiger partial charge in [0.05, 0.1) is 36.6 Å². The van der Waals surface area contributed by atoms with Gasteiger partial charge in [0.15, 0.2) is 30.0 Å². The molecule has 2 fully saturated rings. The third-order valence-electron chi connectivity index (χ3n) is 8.65. The molecule has 17 heteroatoms. The monoisotopic (exact) mass is 715 g/mol. The predicted octanol–water partition coefficient (Wildman–Crippen LogP) is 1.42. The van der Waals surface area contributed by atoms with Crippen LogP contribution in [0.2, 0.25) is 5.02 Å². The molecule has 0 radical (unpaired) electrons. The molecule has 2 aliphatic rings. The molecular formula is C33H36ClF2N7O7. The molecule has 1 aromatic heterocycles. The Morgan fingerprint density at radius 3 is 2.40 bits per heavy atom. The number of amides is 3. The van der Waals surface area contributed by atoms with Gasteiger partial charge in [-0.05, 0) is 37.3 Å². The van der Waals surface area contributed by atoms with Crippen LogP contribution < -0.4 is 15.2 Å². The zero-order chi connectivity index (χ0) is 37.0. The Labute approximate surface area is 291 Å². The number of rotatable bonds is 7. The van der Waals surface area contributed by atoms with Crippen LogP contribution in [0.5, 0.6) is 5.75 Å². The number of likely N-dealkylation sites (N-methyl/N-ethyl adjacent to an activating group) is 1. The number of halogens is 3. The number of carbonyl (C=O) groups is 4. The summed E-state index contributed by atoms with van der Waals surface area (Å²) in [5, 5.41) is 30.2. The minimum atomic E-state index is -1.27. The maximum absolute atomic E-state index is 14.8. The van der Waals surface area contributed by atoms with E-state index in [1.165, 1.54) is 48.1 Å². The molecule has 266 valence electrons. The number of hydrogen-bond acceptors (Lipinski definition) is 9. The topological polar surface area (TPSA) is 181 Å². The Balaban J connectivity index is 0.00000181. The van der Waals surface area contributed by atoms with Crippen molar-refractivity contribution in [2.45, 2.75) is 25.0 Å². The lowest BCUT2D eigenvalue weighted by atomic mass is 10.0. The standard InChI is InChI=1S/C32H34ClF2N7O5.CH2O2/c1-32(46)16-24(42(3,4)18-32)31(45)41-12-10-40(11-13-41)30(44)20-6-5-19(15-22(20)33)38-29(43)28-37-17-23(39(28)2)21-7-8-25(47-14-9-36)27(35)26(21)34;2-1-3/h5-8,15,17,24,46H,10-14,16,18H2,1-4H3;1H,(H,2,3)/t24-,32-;/m0./s1. The van der Waals surface area contributed by atoms with Crippen molar-refractivity contribution in [3.8, 4) is 23.1 Å². The van der Waals surface area contributed by atoms with E-state index in [9.17, 15) is 28.3 Å². The van der Waals surface area contributed by atoms with Crippen LogP contribution in [-0.4, -0.2) is 118 Å². The summed E-state index contributed by atoms with van der Waals surface area (Å²) < 4.78 is 35.9. The van der Waals surface area contributed by atoms with E-state index >= 15 is 0 Å². The minimum absolute atomic E-state index is 0.0327. The summed E-state index contributed by atoms with van der Waals surface area (Å²) >= 11 is 6.47. The molecule has 2 aromatic carbocycles. The average Bonchev–Trinajstić information content (AvgIpc) is 3.55. The van der Waals surface area contributed by atoms with Crippen molar-refractivity contribution in [3.63, 3.8) is 0 Å².